The molecule has 32 heavy (non-hydrogen) atoms. The van der Waals surface area contributed by atoms with Crippen molar-refractivity contribution in [2.24, 2.45) is 0 Å². The number of aryl methyl sites for hydroxylation is 1. The van der Waals surface area contributed by atoms with Crippen LogP contribution in [0.5, 0.6) is 0 Å². The zero-order valence-corrected chi connectivity index (χ0v) is 19.7. The average molecular weight is 484 g/mol. The van der Waals surface area contributed by atoms with Crippen LogP contribution in [0.2, 0.25) is 10.0 Å². The number of carbonyl (C=O) groups excluding carboxylic acids is 1. The van der Waals surface area contributed by atoms with E-state index in [-0.39, 0.29) is 17.2 Å². The second-order valence-electron chi connectivity index (χ2n) is 7.20. The van der Waals surface area contributed by atoms with Gasteiger partial charge < -0.3 is 5.32 Å². The Morgan fingerprint density at radius 2 is 1.69 bits per heavy atom. The van der Waals surface area contributed by atoms with E-state index in [1.807, 2.05) is 44.2 Å². The highest BCUT2D eigenvalue weighted by molar-refractivity contribution is 7.99. The van der Waals surface area contributed by atoms with Crippen molar-refractivity contribution in [2.45, 2.75) is 19.0 Å². The molecule has 0 saturated heterocycles. The highest BCUT2D eigenvalue weighted by Gasteiger charge is 2.17. The highest BCUT2D eigenvalue weighted by Crippen LogP contribution is 2.30. The molecule has 1 N–H and O–H groups in total. The molecule has 0 bridgehead atoms. The number of para-hydroxylation sites is 2. The lowest BCUT2D eigenvalue weighted by atomic mass is 10.1. The zero-order valence-electron chi connectivity index (χ0n) is 17.4. The summed E-state index contributed by atoms with van der Waals surface area (Å²) in [5.74, 6) is -0.281. The van der Waals surface area contributed by atoms with Crippen LogP contribution in [-0.4, -0.2) is 21.2 Å². The summed E-state index contributed by atoms with van der Waals surface area (Å²) in [5, 5.41) is 4.40. The minimum absolute atomic E-state index is 0.0250. The van der Waals surface area contributed by atoms with Gasteiger partial charge in [0, 0.05) is 0 Å². The maximum atomic E-state index is 13.4. The molecule has 1 amide bonds. The van der Waals surface area contributed by atoms with Crippen molar-refractivity contribution < 1.29 is 4.79 Å². The number of fused-ring (bicyclic) bond motifs is 1. The van der Waals surface area contributed by atoms with Crippen LogP contribution >= 0.6 is 35.0 Å². The summed E-state index contributed by atoms with van der Waals surface area (Å²) in [6, 6.07) is 18.0. The molecule has 1 heterocycles. The normalized spacial score (nSPS) is 11.0. The van der Waals surface area contributed by atoms with Crippen molar-refractivity contribution in [2.75, 3.05) is 11.1 Å². The van der Waals surface area contributed by atoms with Gasteiger partial charge in [0.1, 0.15) is 0 Å². The van der Waals surface area contributed by atoms with E-state index >= 15 is 0 Å². The van der Waals surface area contributed by atoms with Gasteiger partial charge in [-0.1, -0.05) is 65.3 Å². The van der Waals surface area contributed by atoms with Crippen molar-refractivity contribution >= 4 is 57.5 Å². The van der Waals surface area contributed by atoms with E-state index in [9.17, 15) is 9.59 Å². The van der Waals surface area contributed by atoms with Gasteiger partial charge in [-0.3, -0.25) is 14.2 Å². The fraction of sp³-hybridized carbons (Fsp3) is 0.125. The Morgan fingerprint density at radius 1 is 1.00 bits per heavy atom. The molecule has 0 spiro atoms. The summed E-state index contributed by atoms with van der Waals surface area (Å²) in [6.45, 7) is 3.96. The molecule has 162 valence electrons. The first-order valence-electron chi connectivity index (χ1n) is 9.82. The molecular weight excluding hydrogens is 465 g/mol. The molecule has 1 aromatic heterocycles. The smallest absolute Gasteiger partial charge is 0.266 e. The predicted octanol–water partition coefficient (Wildman–Crippen LogP) is 6.04. The molecule has 5 nitrogen and oxygen atoms in total. The summed E-state index contributed by atoms with van der Waals surface area (Å²) in [6.07, 6.45) is 0. The molecule has 0 atom stereocenters. The maximum Gasteiger partial charge on any atom is 0.266 e. The van der Waals surface area contributed by atoms with Crippen LogP contribution in [0.3, 0.4) is 0 Å². The van der Waals surface area contributed by atoms with Gasteiger partial charge in [0.15, 0.2) is 5.16 Å². The van der Waals surface area contributed by atoms with Gasteiger partial charge in [-0.2, -0.15) is 0 Å². The summed E-state index contributed by atoms with van der Waals surface area (Å²) >= 11 is 13.5. The quantitative estimate of drug-likeness (QED) is 0.277. The summed E-state index contributed by atoms with van der Waals surface area (Å²) in [4.78, 5) is 30.7. The Balaban J connectivity index is 1.72. The Hall–Kier alpha value is -2.80. The van der Waals surface area contributed by atoms with E-state index in [0.29, 0.717) is 31.8 Å². The molecule has 0 aliphatic carbocycles. The van der Waals surface area contributed by atoms with Gasteiger partial charge in [-0.25, -0.2) is 4.98 Å². The Bertz CT molecular complexity index is 1380. The van der Waals surface area contributed by atoms with E-state index < -0.39 is 0 Å². The van der Waals surface area contributed by atoms with Gasteiger partial charge in [0.05, 0.1) is 38.1 Å². The average Bonchev–Trinajstić information content (AvgIpc) is 2.77. The lowest BCUT2D eigenvalue weighted by Gasteiger charge is -2.16. The van der Waals surface area contributed by atoms with E-state index in [1.165, 1.54) is 11.8 Å². The number of nitrogens with zero attached hydrogens (tertiary/aromatic N) is 2. The molecule has 8 heteroatoms. The van der Waals surface area contributed by atoms with E-state index in [0.717, 1.165) is 16.8 Å². The summed E-state index contributed by atoms with van der Waals surface area (Å²) in [5.41, 5.74) is 3.54. The van der Waals surface area contributed by atoms with Crippen LogP contribution in [0, 0.1) is 13.8 Å². The molecule has 0 saturated carbocycles. The first-order valence-corrected chi connectivity index (χ1v) is 11.6. The Morgan fingerprint density at radius 3 is 2.44 bits per heavy atom. The number of halogens is 2. The second kappa shape index (κ2) is 9.36. The second-order valence-corrected chi connectivity index (χ2v) is 8.96. The molecule has 0 aliphatic rings. The number of anilines is 1. The number of aromatic nitrogens is 2. The first kappa shape index (κ1) is 22.4. The Kier molecular flexibility index (Phi) is 6.55. The first-order chi connectivity index (χ1) is 15.4. The van der Waals surface area contributed by atoms with Crippen LogP contribution in [-0.2, 0) is 4.79 Å². The standard InChI is InChI=1S/C24H19Cl2N3O2S/c1-14-7-5-12-20(15(14)2)29-23(31)16-8-3-4-11-19(16)27-24(29)32-13-21(30)28-22-17(25)9-6-10-18(22)26/h3-12H,13H2,1-2H3,(H,28,30). The number of hydrogen-bond donors (Lipinski definition) is 1. The number of amides is 1. The number of carbonyl (C=O) groups is 1. The number of rotatable bonds is 5. The van der Waals surface area contributed by atoms with Gasteiger partial charge >= 0.3 is 0 Å². The number of hydrogen-bond acceptors (Lipinski definition) is 4. The van der Waals surface area contributed by atoms with E-state index in [4.69, 9.17) is 28.2 Å². The van der Waals surface area contributed by atoms with Crippen LogP contribution in [0.1, 0.15) is 11.1 Å². The van der Waals surface area contributed by atoms with Gasteiger partial charge in [-0.05, 0) is 55.3 Å². The number of nitrogens with one attached hydrogen (secondary N) is 1. The monoisotopic (exact) mass is 483 g/mol. The topological polar surface area (TPSA) is 64.0 Å². The van der Waals surface area contributed by atoms with E-state index in [2.05, 4.69) is 5.32 Å². The third-order valence-electron chi connectivity index (χ3n) is 5.12. The number of thioether (sulfide) groups is 1. The molecular formula is C24H19Cl2N3O2S. The largest absolute Gasteiger partial charge is 0.323 e. The third kappa shape index (κ3) is 4.39. The highest BCUT2D eigenvalue weighted by atomic mass is 35.5. The Labute approximate surface area is 199 Å². The van der Waals surface area contributed by atoms with Crippen molar-refractivity contribution in [3.8, 4) is 5.69 Å². The SMILES string of the molecule is Cc1cccc(-n2c(SCC(=O)Nc3c(Cl)cccc3Cl)nc3ccccc3c2=O)c1C. The molecule has 0 fully saturated rings. The van der Waals surface area contributed by atoms with Crippen LogP contribution in [0.4, 0.5) is 5.69 Å². The molecule has 4 aromatic rings. The van der Waals surface area contributed by atoms with Crippen LogP contribution in [0.15, 0.2) is 70.6 Å². The number of benzene rings is 3. The van der Waals surface area contributed by atoms with Gasteiger partial charge in [0.2, 0.25) is 5.91 Å². The lowest BCUT2D eigenvalue weighted by Crippen LogP contribution is -2.23. The van der Waals surface area contributed by atoms with E-state index in [1.54, 1.807) is 34.9 Å². The predicted molar refractivity (Wildman–Crippen MR) is 133 cm³/mol. The van der Waals surface area contributed by atoms with Gasteiger partial charge in [-0.15, -0.1) is 0 Å². The molecule has 4 rings (SSSR count). The summed E-state index contributed by atoms with van der Waals surface area (Å²) in [7, 11) is 0. The molecule has 3 aromatic carbocycles. The van der Waals surface area contributed by atoms with Gasteiger partial charge in [0.25, 0.3) is 5.56 Å². The molecule has 0 radical (unpaired) electrons. The molecule has 0 aliphatic heterocycles. The van der Waals surface area contributed by atoms with Crippen molar-refractivity contribution in [3.05, 3.63) is 92.2 Å². The third-order valence-corrected chi connectivity index (χ3v) is 6.69. The zero-order chi connectivity index (χ0) is 22.8. The minimum atomic E-state index is -0.306. The fourth-order valence-electron chi connectivity index (χ4n) is 3.32. The minimum Gasteiger partial charge on any atom is -0.323 e. The van der Waals surface area contributed by atoms with Crippen LogP contribution < -0.4 is 10.9 Å². The van der Waals surface area contributed by atoms with Crippen LogP contribution in [0.25, 0.3) is 16.6 Å². The maximum absolute atomic E-state index is 13.4. The van der Waals surface area contributed by atoms with Crippen molar-refractivity contribution in [3.63, 3.8) is 0 Å². The molecule has 0 unspecified atom stereocenters. The van der Waals surface area contributed by atoms with Crippen molar-refractivity contribution in [1.29, 1.82) is 0 Å². The van der Waals surface area contributed by atoms with Crippen molar-refractivity contribution in [1.82, 2.24) is 9.55 Å². The fourth-order valence-corrected chi connectivity index (χ4v) is 4.62. The lowest BCUT2D eigenvalue weighted by molar-refractivity contribution is -0.113. The summed E-state index contributed by atoms with van der Waals surface area (Å²) < 4.78 is 1.57.